The predicted octanol–water partition coefficient (Wildman–Crippen LogP) is 4.50. The third-order valence-electron chi connectivity index (χ3n) is 5.72. The predicted molar refractivity (Wildman–Crippen MR) is 135 cm³/mol. The van der Waals surface area contributed by atoms with E-state index >= 15 is 0 Å². The van der Waals surface area contributed by atoms with Crippen molar-refractivity contribution in [3.05, 3.63) is 83.7 Å². The first kappa shape index (κ1) is 21.7. The van der Waals surface area contributed by atoms with E-state index in [1.165, 1.54) is 23.0 Å². The highest BCUT2D eigenvalue weighted by Gasteiger charge is 2.23. The Bertz CT molecular complexity index is 1170. The molecule has 4 aromatic rings. The number of para-hydroxylation sites is 1. The molecule has 0 saturated carbocycles. The Kier molecular flexibility index (Phi) is 6.73. The summed E-state index contributed by atoms with van der Waals surface area (Å²) in [5, 5.41) is 11.7. The zero-order valence-corrected chi connectivity index (χ0v) is 19.8. The van der Waals surface area contributed by atoms with Gasteiger partial charge in [-0.3, -0.25) is 9.36 Å². The average molecular weight is 476 g/mol. The number of hydrogen-bond donors (Lipinski definition) is 0. The molecular formula is C25H25N5OS2. The van der Waals surface area contributed by atoms with Crippen LogP contribution in [-0.4, -0.2) is 57.5 Å². The Morgan fingerprint density at radius 3 is 2.30 bits per heavy atom. The summed E-state index contributed by atoms with van der Waals surface area (Å²) < 4.78 is 2.12. The molecule has 168 valence electrons. The topological polar surface area (TPSA) is 54.3 Å². The normalized spacial score (nSPS) is 13.9. The number of thioether (sulfide) groups is 1. The summed E-state index contributed by atoms with van der Waals surface area (Å²) in [6.45, 7) is 3.87. The molecule has 1 amide bonds. The molecule has 33 heavy (non-hydrogen) atoms. The van der Waals surface area contributed by atoms with Crippen molar-refractivity contribution in [3.63, 3.8) is 0 Å². The van der Waals surface area contributed by atoms with Gasteiger partial charge in [-0.05, 0) is 29.1 Å². The first-order chi connectivity index (χ1) is 16.3. The van der Waals surface area contributed by atoms with Crippen molar-refractivity contribution in [2.75, 3.05) is 36.8 Å². The van der Waals surface area contributed by atoms with Crippen LogP contribution in [0, 0.1) is 0 Å². The average Bonchev–Trinajstić information content (AvgIpc) is 3.54. The van der Waals surface area contributed by atoms with Crippen molar-refractivity contribution in [3.8, 4) is 10.7 Å². The van der Waals surface area contributed by atoms with Gasteiger partial charge in [0.15, 0.2) is 11.0 Å². The Morgan fingerprint density at radius 2 is 1.61 bits per heavy atom. The van der Waals surface area contributed by atoms with Gasteiger partial charge in [0.25, 0.3) is 0 Å². The number of piperazine rings is 1. The lowest BCUT2D eigenvalue weighted by Crippen LogP contribution is -2.49. The van der Waals surface area contributed by atoms with Crippen molar-refractivity contribution in [2.45, 2.75) is 11.7 Å². The van der Waals surface area contributed by atoms with Gasteiger partial charge in [-0.1, -0.05) is 66.4 Å². The number of aromatic nitrogens is 3. The molecule has 0 unspecified atom stereocenters. The number of carbonyl (C=O) groups is 1. The summed E-state index contributed by atoms with van der Waals surface area (Å²) in [5.41, 5.74) is 2.40. The maximum Gasteiger partial charge on any atom is 0.233 e. The van der Waals surface area contributed by atoms with E-state index in [2.05, 4.69) is 62.1 Å². The summed E-state index contributed by atoms with van der Waals surface area (Å²) in [6, 6.07) is 24.8. The minimum Gasteiger partial charge on any atom is -0.368 e. The second-order valence-electron chi connectivity index (χ2n) is 7.85. The van der Waals surface area contributed by atoms with Gasteiger partial charge in [0.1, 0.15) is 0 Å². The van der Waals surface area contributed by atoms with Crippen LogP contribution in [0.2, 0.25) is 0 Å². The molecule has 0 spiro atoms. The first-order valence-electron chi connectivity index (χ1n) is 11.0. The van der Waals surface area contributed by atoms with E-state index in [4.69, 9.17) is 0 Å². The number of benzene rings is 2. The number of rotatable bonds is 7. The second-order valence-corrected chi connectivity index (χ2v) is 9.74. The van der Waals surface area contributed by atoms with E-state index in [0.717, 1.165) is 42.0 Å². The molecule has 8 heteroatoms. The molecule has 6 nitrogen and oxygen atoms in total. The van der Waals surface area contributed by atoms with Gasteiger partial charge in [-0.15, -0.1) is 21.5 Å². The standard InChI is InChI=1S/C25H25N5OS2/c31-23(29-15-13-28(14-16-29)21-10-5-2-6-11-21)19-33-25-27-26-24(22-12-7-17-32-22)30(25)18-20-8-3-1-4-9-20/h1-12,17H,13-16,18-19H2. The summed E-state index contributed by atoms with van der Waals surface area (Å²) in [7, 11) is 0. The molecular weight excluding hydrogens is 450 g/mol. The van der Waals surface area contributed by atoms with E-state index in [1.807, 2.05) is 40.6 Å². The maximum atomic E-state index is 13.0. The smallest absolute Gasteiger partial charge is 0.233 e. The quantitative estimate of drug-likeness (QED) is 0.369. The van der Waals surface area contributed by atoms with Crippen molar-refractivity contribution < 1.29 is 4.79 Å². The summed E-state index contributed by atoms with van der Waals surface area (Å²) >= 11 is 3.12. The third-order valence-corrected chi connectivity index (χ3v) is 7.54. The molecule has 1 fully saturated rings. The molecule has 0 atom stereocenters. The molecule has 5 rings (SSSR count). The van der Waals surface area contributed by atoms with Crippen LogP contribution >= 0.6 is 23.1 Å². The molecule has 0 bridgehead atoms. The van der Waals surface area contributed by atoms with Crippen LogP contribution in [-0.2, 0) is 11.3 Å². The van der Waals surface area contributed by atoms with Crippen LogP contribution in [0.15, 0.2) is 83.3 Å². The van der Waals surface area contributed by atoms with Gasteiger partial charge in [0, 0.05) is 31.9 Å². The first-order valence-corrected chi connectivity index (χ1v) is 12.9. The van der Waals surface area contributed by atoms with Gasteiger partial charge < -0.3 is 9.80 Å². The van der Waals surface area contributed by atoms with Crippen LogP contribution in [0.1, 0.15) is 5.56 Å². The van der Waals surface area contributed by atoms with E-state index in [9.17, 15) is 4.79 Å². The van der Waals surface area contributed by atoms with Crippen LogP contribution in [0.25, 0.3) is 10.7 Å². The monoisotopic (exact) mass is 475 g/mol. The molecule has 2 aromatic carbocycles. The number of anilines is 1. The van der Waals surface area contributed by atoms with Gasteiger partial charge >= 0.3 is 0 Å². The lowest BCUT2D eigenvalue weighted by atomic mass is 10.2. The summed E-state index contributed by atoms with van der Waals surface area (Å²) in [6.07, 6.45) is 0. The Morgan fingerprint density at radius 1 is 0.879 bits per heavy atom. The number of nitrogens with zero attached hydrogens (tertiary/aromatic N) is 5. The molecule has 0 aliphatic carbocycles. The van der Waals surface area contributed by atoms with Gasteiger partial charge in [-0.25, -0.2) is 0 Å². The van der Waals surface area contributed by atoms with Crippen LogP contribution < -0.4 is 4.90 Å². The fourth-order valence-corrected chi connectivity index (χ4v) is 5.52. The number of carbonyl (C=O) groups excluding carboxylic acids is 1. The van der Waals surface area contributed by atoms with Crippen LogP contribution in [0.4, 0.5) is 5.69 Å². The fourth-order valence-electron chi connectivity index (χ4n) is 3.96. The van der Waals surface area contributed by atoms with Gasteiger partial charge in [0.05, 0.1) is 17.2 Å². The summed E-state index contributed by atoms with van der Waals surface area (Å²) in [4.78, 5) is 18.3. The van der Waals surface area contributed by atoms with E-state index < -0.39 is 0 Å². The molecule has 1 aliphatic rings. The lowest BCUT2D eigenvalue weighted by Gasteiger charge is -2.36. The van der Waals surface area contributed by atoms with Gasteiger partial charge in [0.2, 0.25) is 5.91 Å². The minimum absolute atomic E-state index is 0.152. The lowest BCUT2D eigenvalue weighted by molar-refractivity contribution is -0.128. The fraction of sp³-hybridized carbons (Fsp3) is 0.240. The van der Waals surface area contributed by atoms with E-state index in [0.29, 0.717) is 12.3 Å². The highest BCUT2D eigenvalue weighted by Crippen LogP contribution is 2.28. The largest absolute Gasteiger partial charge is 0.368 e. The molecule has 0 N–H and O–H groups in total. The molecule has 1 aliphatic heterocycles. The maximum absolute atomic E-state index is 13.0. The van der Waals surface area contributed by atoms with Gasteiger partial charge in [-0.2, -0.15) is 0 Å². The number of thiophene rings is 1. The zero-order chi connectivity index (χ0) is 22.5. The van der Waals surface area contributed by atoms with Crippen molar-refractivity contribution in [1.82, 2.24) is 19.7 Å². The molecule has 1 saturated heterocycles. The second kappa shape index (κ2) is 10.2. The van der Waals surface area contributed by atoms with Crippen LogP contribution in [0.3, 0.4) is 0 Å². The number of hydrogen-bond acceptors (Lipinski definition) is 6. The highest BCUT2D eigenvalue weighted by molar-refractivity contribution is 7.99. The van der Waals surface area contributed by atoms with Crippen LogP contribution in [0.5, 0.6) is 0 Å². The Hall–Kier alpha value is -3.10. The molecule has 0 radical (unpaired) electrons. The Balaban J connectivity index is 1.24. The van der Waals surface area contributed by atoms with E-state index in [-0.39, 0.29) is 5.91 Å². The van der Waals surface area contributed by atoms with E-state index in [1.54, 1.807) is 11.3 Å². The highest BCUT2D eigenvalue weighted by atomic mass is 32.2. The zero-order valence-electron chi connectivity index (χ0n) is 18.2. The Labute approximate surface area is 201 Å². The molecule has 2 aromatic heterocycles. The summed E-state index contributed by atoms with van der Waals surface area (Å²) in [5.74, 6) is 1.36. The van der Waals surface area contributed by atoms with Crippen molar-refractivity contribution >= 4 is 34.7 Å². The van der Waals surface area contributed by atoms with Crippen molar-refractivity contribution in [1.29, 1.82) is 0 Å². The third kappa shape index (κ3) is 5.12. The minimum atomic E-state index is 0.152. The SMILES string of the molecule is O=C(CSc1nnc(-c2cccs2)n1Cc1ccccc1)N1CCN(c2ccccc2)CC1. The van der Waals surface area contributed by atoms with Crippen molar-refractivity contribution in [2.24, 2.45) is 0 Å². The molecule has 3 heterocycles. The number of amides is 1.